The summed E-state index contributed by atoms with van der Waals surface area (Å²) in [4.78, 5) is 14.3. The summed E-state index contributed by atoms with van der Waals surface area (Å²) >= 11 is 0. The third-order valence-corrected chi connectivity index (χ3v) is 3.50. The van der Waals surface area contributed by atoms with Crippen LogP contribution in [0.5, 0.6) is 5.75 Å². The summed E-state index contributed by atoms with van der Waals surface area (Å²) in [6, 6.07) is 5.19. The van der Waals surface area contributed by atoms with Gasteiger partial charge in [0.1, 0.15) is 5.75 Å². The van der Waals surface area contributed by atoms with E-state index >= 15 is 0 Å². The Labute approximate surface area is 119 Å². The van der Waals surface area contributed by atoms with Crippen LogP contribution in [0.3, 0.4) is 0 Å². The van der Waals surface area contributed by atoms with E-state index in [0.717, 1.165) is 0 Å². The fourth-order valence-corrected chi connectivity index (χ4v) is 2.57. The highest BCUT2D eigenvalue weighted by Crippen LogP contribution is 2.26. The molecule has 3 N–H and O–H groups in total. The minimum Gasteiger partial charge on any atom is -0.507 e. The lowest BCUT2D eigenvalue weighted by Gasteiger charge is -2.42. The SMILES string of the molecule is Cc1cccc(C(=O)N2CC(CN)OC(C)(C)C2)c1O. The molecule has 0 spiro atoms. The fraction of sp³-hybridized carbons (Fsp3) is 0.533. The average Bonchev–Trinajstić information content (AvgIpc) is 2.39. The van der Waals surface area contributed by atoms with Crippen LogP contribution in [-0.2, 0) is 4.74 Å². The zero-order chi connectivity index (χ0) is 14.9. The zero-order valence-corrected chi connectivity index (χ0v) is 12.2. The molecule has 0 aliphatic carbocycles. The number of morpholine rings is 1. The lowest BCUT2D eigenvalue weighted by molar-refractivity contribution is -0.122. The molecule has 1 saturated heterocycles. The van der Waals surface area contributed by atoms with Gasteiger partial charge in [0.05, 0.1) is 17.3 Å². The van der Waals surface area contributed by atoms with E-state index in [-0.39, 0.29) is 17.8 Å². The van der Waals surface area contributed by atoms with Gasteiger partial charge in [-0.15, -0.1) is 0 Å². The van der Waals surface area contributed by atoms with Gasteiger partial charge in [-0.2, -0.15) is 0 Å². The van der Waals surface area contributed by atoms with Crippen molar-refractivity contribution in [2.75, 3.05) is 19.6 Å². The van der Waals surface area contributed by atoms with Crippen LogP contribution in [0.2, 0.25) is 0 Å². The third kappa shape index (κ3) is 2.94. The topological polar surface area (TPSA) is 75.8 Å². The van der Waals surface area contributed by atoms with E-state index in [2.05, 4.69) is 0 Å². The molecule has 1 atom stereocenters. The number of benzene rings is 1. The summed E-state index contributed by atoms with van der Waals surface area (Å²) in [5.41, 5.74) is 6.26. The summed E-state index contributed by atoms with van der Waals surface area (Å²) in [6.45, 7) is 6.95. The molecule has 1 fully saturated rings. The molecule has 1 heterocycles. The average molecular weight is 278 g/mol. The minimum atomic E-state index is -0.433. The van der Waals surface area contributed by atoms with Crippen molar-refractivity contribution in [1.82, 2.24) is 4.90 Å². The van der Waals surface area contributed by atoms with E-state index in [4.69, 9.17) is 10.5 Å². The van der Waals surface area contributed by atoms with Gasteiger partial charge in [-0.1, -0.05) is 12.1 Å². The fourth-order valence-electron chi connectivity index (χ4n) is 2.57. The van der Waals surface area contributed by atoms with Gasteiger partial charge < -0.3 is 20.5 Å². The van der Waals surface area contributed by atoms with E-state index in [1.54, 1.807) is 30.0 Å². The van der Waals surface area contributed by atoms with Crippen LogP contribution in [0.4, 0.5) is 0 Å². The maximum atomic E-state index is 12.6. The maximum Gasteiger partial charge on any atom is 0.257 e. The molecule has 0 bridgehead atoms. The van der Waals surface area contributed by atoms with Crippen LogP contribution in [0.15, 0.2) is 18.2 Å². The van der Waals surface area contributed by atoms with E-state index in [1.807, 2.05) is 13.8 Å². The Morgan fingerprint density at radius 1 is 1.55 bits per heavy atom. The smallest absolute Gasteiger partial charge is 0.257 e. The molecule has 1 aliphatic heterocycles. The predicted octanol–water partition coefficient (Wildman–Crippen LogP) is 1.28. The number of para-hydroxylation sites is 1. The highest BCUT2D eigenvalue weighted by molar-refractivity contribution is 5.97. The number of phenolic OH excluding ortho intramolecular Hbond substituents is 1. The molecule has 1 aliphatic rings. The lowest BCUT2D eigenvalue weighted by Crippen LogP contribution is -2.56. The van der Waals surface area contributed by atoms with Crippen molar-refractivity contribution in [3.8, 4) is 5.75 Å². The number of nitrogens with two attached hydrogens (primary N) is 1. The number of carbonyl (C=O) groups excluding carboxylic acids is 1. The van der Waals surface area contributed by atoms with Crippen LogP contribution in [0, 0.1) is 6.92 Å². The van der Waals surface area contributed by atoms with Gasteiger partial charge in [0, 0.05) is 19.6 Å². The molecule has 0 aromatic heterocycles. The van der Waals surface area contributed by atoms with Crippen molar-refractivity contribution >= 4 is 5.91 Å². The van der Waals surface area contributed by atoms with Crippen LogP contribution in [0.1, 0.15) is 29.8 Å². The first-order valence-electron chi connectivity index (χ1n) is 6.80. The molecular weight excluding hydrogens is 256 g/mol. The molecule has 1 aromatic rings. The Hall–Kier alpha value is -1.59. The predicted molar refractivity (Wildman–Crippen MR) is 76.8 cm³/mol. The number of carbonyl (C=O) groups is 1. The van der Waals surface area contributed by atoms with Gasteiger partial charge >= 0.3 is 0 Å². The molecule has 0 saturated carbocycles. The van der Waals surface area contributed by atoms with Gasteiger partial charge in [-0.3, -0.25) is 4.79 Å². The highest BCUT2D eigenvalue weighted by Gasteiger charge is 2.35. The van der Waals surface area contributed by atoms with Crippen molar-refractivity contribution < 1.29 is 14.6 Å². The quantitative estimate of drug-likeness (QED) is 0.854. The Bertz CT molecular complexity index is 514. The molecule has 2 rings (SSSR count). The van der Waals surface area contributed by atoms with Crippen LogP contribution >= 0.6 is 0 Å². The third-order valence-electron chi connectivity index (χ3n) is 3.50. The van der Waals surface area contributed by atoms with Crippen molar-refractivity contribution in [3.63, 3.8) is 0 Å². The van der Waals surface area contributed by atoms with E-state index < -0.39 is 5.60 Å². The first-order valence-corrected chi connectivity index (χ1v) is 6.80. The maximum absolute atomic E-state index is 12.6. The van der Waals surface area contributed by atoms with Gasteiger partial charge in [0.25, 0.3) is 5.91 Å². The summed E-state index contributed by atoms with van der Waals surface area (Å²) in [6.07, 6.45) is -0.172. The number of aryl methyl sites for hydroxylation is 1. The van der Waals surface area contributed by atoms with Crippen LogP contribution < -0.4 is 5.73 Å². The highest BCUT2D eigenvalue weighted by atomic mass is 16.5. The Balaban J connectivity index is 2.26. The second-order valence-corrected chi connectivity index (χ2v) is 5.89. The molecule has 1 unspecified atom stereocenters. The minimum absolute atomic E-state index is 0.0473. The molecule has 5 nitrogen and oxygen atoms in total. The van der Waals surface area contributed by atoms with Crippen LogP contribution in [-0.4, -0.2) is 47.3 Å². The van der Waals surface area contributed by atoms with Crippen LogP contribution in [0.25, 0.3) is 0 Å². The molecule has 110 valence electrons. The van der Waals surface area contributed by atoms with Crippen molar-refractivity contribution in [1.29, 1.82) is 0 Å². The van der Waals surface area contributed by atoms with E-state index in [0.29, 0.717) is 30.8 Å². The summed E-state index contributed by atoms with van der Waals surface area (Å²) < 4.78 is 5.81. The zero-order valence-electron chi connectivity index (χ0n) is 12.2. The molecule has 20 heavy (non-hydrogen) atoms. The number of nitrogens with zero attached hydrogens (tertiary/aromatic N) is 1. The van der Waals surface area contributed by atoms with E-state index in [9.17, 15) is 9.90 Å². The number of hydrogen-bond donors (Lipinski definition) is 2. The first-order chi connectivity index (χ1) is 9.34. The Morgan fingerprint density at radius 3 is 2.90 bits per heavy atom. The Kier molecular flexibility index (Phi) is 4.01. The second-order valence-electron chi connectivity index (χ2n) is 5.89. The molecule has 0 radical (unpaired) electrons. The normalized spacial score (nSPS) is 21.8. The van der Waals surface area contributed by atoms with Crippen molar-refractivity contribution in [3.05, 3.63) is 29.3 Å². The van der Waals surface area contributed by atoms with Gasteiger partial charge in [-0.05, 0) is 32.4 Å². The monoisotopic (exact) mass is 278 g/mol. The second kappa shape index (κ2) is 5.42. The number of aromatic hydroxyl groups is 1. The number of amides is 1. The molecular formula is C15H22N2O3. The van der Waals surface area contributed by atoms with Crippen molar-refractivity contribution in [2.24, 2.45) is 5.73 Å². The van der Waals surface area contributed by atoms with Gasteiger partial charge in [0.2, 0.25) is 0 Å². The van der Waals surface area contributed by atoms with Gasteiger partial charge in [0.15, 0.2) is 0 Å². The number of ether oxygens (including phenoxy) is 1. The summed E-state index contributed by atoms with van der Waals surface area (Å²) in [5, 5.41) is 10.0. The lowest BCUT2D eigenvalue weighted by atomic mass is 10.0. The van der Waals surface area contributed by atoms with Crippen molar-refractivity contribution in [2.45, 2.75) is 32.5 Å². The van der Waals surface area contributed by atoms with E-state index in [1.165, 1.54) is 0 Å². The summed E-state index contributed by atoms with van der Waals surface area (Å²) in [7, 11) is 0. The molecule has 1 aromatic carbocycles. The standard InChI is InChI=1S/C15H22N2O3/c1-10-5-4-6-12(13(10)18)14(19)17-8-11(7-16)20-15(2,3)9-17/h4-6,11,18H,7-9,16H2,1-3H3. The largest absolute Gasteiger partial charge is 0.507 e. The molecule has 1 amide bonds. The summed E-state index contributed by atoms with van der Waals surface area (Å²) in [5.74, 6) is -0.132. The van der Waals surface area contributed by atoms with Gasteiger partial charge in [-0.25, -0.2) is 0 Å². The number of rotatable bonds is 2. The number of hydrogen-bond acceptors (Lipinski definition) is 4. The first kappa shape index (κ1) is 14.8. The molecule has 5 heteroatoms. The number of phenols is 1. The Morgan fingerprint density at radius 2 is 2.25 bits per heavy atom.